The van der Waals surface area contributed by atoms with Crippen molar-refractivity contribution in [3.63, 3.8) is 0 Å². The zero-order chi connectivity index (χ0) is 28.8. The van der Waals surface area contributed by atoms with Gasteiger partial charge in [0.2, 0.25) is 0 Å². The quantitative estimate of drug-likeness (QED) is 0.276. The summed E-state index contributed by atoms with van der Waals surface area (Å²) in [7, 11) is -5.72. The Morgan fingerprint density at radius 3 is 2.46 bits per heavy atom. The van der Waals surface area contributed by atoms with E-state index in [9.17, 15) is 44.3 Å². The number of nitrogens with one attached hydrogen (secondary N) is 2. The molecule has 0 spiro atoms. The molecule has 0 radical (unpaired) electrons. The van der Waals surface area contributed by atoms with Gasteiger partial charge in [0.15, 0.2) is 0 Å². The zero-order valence-electron chi connectivity index (χ0n) is 19.2. The Hall–Kier alpha value is -3.08. The molecule has 17 heteroatoms. The lowest BCUT2D eigenvalue weighted by atomic mass is 9.93. The number of sulfonamides is 1. The van der Waals surface area contributed by atoms with Crippen LogP contribution >= 0.6 is 23.4 Å². The maximum absolute atomic E-state index is 13.8. The van der Waals surface area contributed by atoms with E-state index >= 15 is 0 Å². The van der Waals surface area contributed by atoms with Gasteiger partial charge < -0.3 is 0 Å². The number of carbonyl (C=O) groups is 2. The number of rotatable bonds is 7. The molecule has 1 aliphatic rings. The third-order valence-electron chi connectivity index (χ3n) is 5.59. The molecule has 1 aliphatic heterocycles. The van der Waals surface area contributed by atoms with Gasteiger partial charge >= 0.3 is 21.7 Å². The summed E-state index contributed by atoms with van der Waals surface area (Å²) in [4.78, 5) is 26.0. The fraction of sp³-hybridized carbons (Fsp3) is 0.227. The van der Waals surface area contributed by atoms with E-state index in [4.69, 9.17) is 11.6 Å². The summed E-state index contributed by atoms with van der Waals surface area (Å²) < 4.78 is 103. The number of aromatic amines is 1. The minimum atomic E-state index is -5.72. The summed E-state index contributed by atoms with van der Waals surface area (Å²) in [5, 5.41) is 6.03. The van der Waals surface area contributed by atoms with Crippen LogP contribution in [0, 0.1) is 0 Å². The average molecular weight is 613 g/mol. The third-order valence-corrected chi connectivity index (χ3v) is 8.04. The van der Waals surface area contributed by atoms with Gasteiger partial charge in [-0.2, -0.15) is 31.4 Å². The Morgan fingerprint density at radius 2 is 1.79 bits per heavy atom. The largest absolute Gasteiger partial charge is 0.511 e. The minimum Gasteiger partial charge on any atom is -0.278 e. The van der Waals surface area contributed by atoms with Crippen LogP contribution < -0.4 is 4.72 Å². The molecule has 2 amide bonds. The normalized spacial score (nSPS) is 16.4. The van der Waals surface area contributed by atoms with Crippen molar-refractivity contribution in [3.8, 4) is 0 Å². The molecule has 1 saturated heterocycles. The van der Waals surface area contributed by atoms with E-state index in [1.165, 1.54) is 23.1 Å². The van der Waals surface area contributed by atoms with Gasteiger partial charge in [0.05, 0.1) is 22.2 Å². The fourth-order valence-corrected chi connectivity index (χ4v) is 5.42. The van der Waals surface area contributed by atoms with Crippen LogP contribution in [-0.4, -0.2) is 53.3 Å². The lowest BCUT2D eigenvalue weighted by Gasteiger charge is -2.17. The van der Waals surface area contributed by atoms with Crippen molar-refractivity contribution in [1.29, 1.82) is 0 Å². The first-order valence-electron chi connectivity index (χ1n) is 10.7. The average Bonchev–Trinajstić information content (AvgIpc) is 3.41. The smallest absolute Gasteiger partial charge is 0.278 e. The summed E-state index contributed by atoms with van der Waals surface area (Å²) >= 11 is 6.15. The summed E-state index contributed by atoms with van der Waals surface area (Å²) in [6.45, 7) is -1.68. The highest BCUT2D eigenvalue weighted by atomic mass is 35.5. The molecular weight excluding hydrogens is 598 g/mol. The summed E-state index contributed by atoms with van der Waals surface area (Å²) in [5.74, 6) is -0.999. The van der Waals surface area contributed by atoms with E-state index in [1.54, 1.807) is 12.1 Å². The molecule has 0 saturated carbocycles. The van der Waals surface area contributed by atoms with Crippen molar-refractivity contribution in [3.05, 3.63) is 69.2 Å². The van der Waals surface area contributed by atoms with Crippen LogP contribution in [-0.2, 0) is 27.4 Å². The molecule has 2 aromatic carbocycles. The number of H-pyrrole nitrogens is 1. The fourth-order valence-electron chi connectivity index (χ4n) is 3.75. The number of benzene rings is 2. The predicted octanol–water partition coefficient (Wildman–Crippen LogP) is 5.32. The van der Waals surface area contributed by atoms with Crippen LogP contribution in [0.1, 0.15) is 16.7 Å². The number of aromatic nitrogens is 2. The van der Waals surface area contributed by atoms with E-state index in [0.29, 0.717) is 27.6 Å². The van der Waals surface area contributed by atoms with E-state index in [1.807, 2.05) is 0 Å². The highest BCUT2D eigenvalue weighted by molar-refractivity contribution is 8.18. The molecule has 2 N–H and O–H groups in total. The zero-order valence-corrected chi connectivity index (χ0v) is 21.5. The number of allylic oxidation sites excluding steroid dienone is 1. The van der Waals surface area contributed by atoms with Gasteiger partial charge in [0.25, 0.3) is 11.1 Å². The molecule has 4 rings (SSSR count). The Kier molecular flexibility index (Phi) is 7.77. The number of alkyl halides is 6. The number of hydrogen-bond acceptors (Lipinski definition) is 6. The molecule has 208 valence electrons. The summed E-state index contributed by atoms with van der Waals surface area (Å²) in [6, 6.07) is 7.72. The number of hydrogen-bond donors (Lipinski definition) is 2. The van der Waals surface area contributed by atoms with E-state index in [0.717, 1.165) is 12.1 Å². The van der Waals surface area contributed by atoms with Crippen LogP contribution in [0.4, 0.5) is 31.1 Å². The number of amides is 2. The first-order valence-corrected chi connectivity index (χ1v) is 13.4. The molecular formula is C22H15ClF6N4O4S2. The second-order valence-electron chi connectivity index (χ2n) is 8.12. The molecule has 3 aromatic rings. The van der Waals surface area contributed by atoms with Crippen LogP contribution in [0.2, 0.25) is 5.02 Å². The molecule has 1 fully saturated rings. The molecule has 0 bridgehead atoms. The monoisotopic (exact) mass is 612 g/mol. The van der Waals surface area contributed by atoms with Crippen LogP contribution in [0.3, 0.4) is 0 Å². The van der Waals surface area contributed by atoms with Crippen molar-refractivity contribution < 1.29 is 44.3 Å². The number of carbonyl (C=O) groups excluding carboxylic acids is 2. The standard InChI is InChI=1S/C22H15ClF6N4O4S2/c23-14-3-1-12(16(9-14)21(24,25)26)8-15(11-2-4-17-13(7-11)10-30-32-17)18-19(34)33(20(35)38-18)6-5-31-39(36,37)22(27,28)29/h1-4,7,9-10,31H,5-6,8H2,(H,30,32)/b18-15-. The van der Waals surface area contributed by atoms with Crippen LogP contribution in [0.5, 0.6) is 0 Å². The van der Waals surface area contributed by atoms with Crippen LogP contribution in [0.15, 0.2) is 47.5 Å². The van der Waals surface area contributed by atoms with Crippen molar-refractivity contribution in [2.45, 2.75) is 18.1 Å². The Bertz CT molecular complexity index is 1600. The predicted molar refractivity (Wildman–Crippen MR) is 131 cm³/mol. The van der Waals surface area contributed by atoms with Gasteiger partial charge in [-0.15, -0.1) is 0 Å². The second-order valence-corrected chi connectivity index (χ2v) is 11.3. The SMILES string of the molecule is O=C1S/C(=C(/Cc2ccc(Cl)cc2C(F)(F)F)c2ccc3[nH]ncc3c2)C(=O)N1CCNS(=O)(=O)C(F)(F)F. The van der Waals surface area contributed by atoms with Gasteiger partial charge in [-0.05, 0) is 59.1 Å². The summed E-state index contributed by atoms with van der Waals surface area (Å²) in [6.07, 6.45) is -3.82. The van der Waals surface area contributed by atoms with Gasteiger partial charge in [-0.1, -0.05) is 23.7 Å². The Morgan fingerprint density at radius 1 is 1.08 bits per heavy atom. The maximum atomic E-state index is 13.8. The molecule has 8 nitrogen and oxygen atoms in total. The van der Waals surface area contributed by atoms with Gasteiger partial charge in [-0.25, -0.2) is 13.1 Å². The minimum absolute atomic E-state index is 0.0349. The Labute approximate surface area is 225 Å². The van der Waals surface area contributed by atoms with E-state index in [-0.39, 0.29) is 26.6 Å². The number of halogens is 7. The molecule has 0 atom stereocenters. The van der Waals surface area contributed by atoms with Crippen molar-refractivity contribution in [2.24, 2.45) is 0 Å². The molecule has 0 unspecified atom stereocenters. The van der Waals surface area contributed by atoms with Gasteiger partial charge in [0, 0.05) is 23.5 Å². The van der Waals surface area contributed by atoms with Crippen molar-refractivity contribution >= 4 is 61.0 Å². The van der Waals surface area contributed by atoms with Gasteiger partial charge in [-0.3, -0.25) is 19.6 Å². The number of fused-ring (bicyclic) bond motifs is 1. The van der Waals surface area contributed by atoms with Crippen molar-refractivity contribution in [1.82, 2.24) is 19.8 Å². The topological polar surface area (TPSA) is 112 Å². The highest BCUT2D eigenvalue weighted by Gasteiger charge is 2.46. The first kappa shape index (κ1) is 28.9. The molecule has 1 aromatic heterocycles. The number of nitrogens with zero attached hydrogens (tertiary/aromatic N) is 2. The highest BCUT2D eigenvalue weighted by Crippen LogP contribution is 2.41. The summed E-state index contributed by atoms with van der Waals surface area (Å²) in [5.41, 5.74) is -6.00. The first-order chi connectivity index (χ1) is 18.1. The van der Waals surface area contributed by atoms with E-state index in [2.05, 4.69) is 10.2 Å². The Balaban J connectivity index is 1.74. The lowest BCUT2D eigenvalue weighted by Crippen LogP contribution is -2.42. The number of imide groups is 1. The third kappa shape index (κ3) is 6.08. The molecule has 39 heavy (non-hydrogen) atoms. The lowest BCUT2D eigenvalue weighted by molar-refractivity contribution is -0.138. The van der Waals surface area contributed by atoms with Crippen molar-refractivity contribution in [2.75, 3.05) is 13.1 Å². The molecule has 2 heterocycles. The van der Waals surface area contributed by atoms with Gasteiger partial charge in [0.1, 0.15) is 0 Å². The maximum Gasteiger partial charge on any atom is 0.511 e. The van der Waals surface area contributed by atoms with E-state index < -0.39 is 57.9 Å². The van der Waals surface area contributed by atoms with Crippen LogP contribution in [0.25, 0.3) is 16.5 Å². The molecule has 0 aliphatic carbocycles. The second kappa shape index (κ2) is 10.5. The number of thioether (sulfide) groups is 1.